The number of thioether (sulfide) groups is 1. The molecule has 1 aromatic carbocycles. The summed E-state index contributed by atoms with van der Waals surface area (Å²) in [4.78, 5) is 12.1. The molecule has 1 aliphatic carbocycles. The molecule has 0 unspecified atom stereocenters. The van der Waals surface area contributed by atoms with E-state index in [9.17, 15) is 4.79 Å². The summed E-state index contributed by atoms with van der Waals surface area (Å²) in [6.45, 7) is 2.24. The third-order valence-corrected chi connectivity index (χ3v) is 5.80. The van der Waals surface area contributed by atoms with Gasteiger partial charge in [-0.3, -0.25) is 4.79 Å². The molecule has 1 aliphatic rings. The standard InChI is InChI=1S/C17H24BrNO2S/c1-12-5-3-4-6-15(12)19-17(20)11-22-10-13-7-8-16(21-2)14(18)9-13/h7-9,12,15H,3-6,10-11H2,1-2H3,(H,19,20)/t12-,15-/m1/s1. The van der Waals surface area contributed by atoms with E-state index in [0.29, 0.717) is 17.7 Å². The molecule has 2 atom stereocenters. The number of halogens is 1. The van der Waals surface area contributed by atoms with E-state index >= 15 is 0 Å². The zero-order valence-electron chi connectivity index (χ0n) is 13.2. The van der Waals surface area contributed by atoms with Crippen LogP contribution in [0.1, 0.15) is 38.2 Å². The van der Waals surface area contributed by atoms with Crippen LogP contribution in [0, 0.1) is 5.92 Å². The van der Waals surface area contributed by atoms with Gasteiger partial charge in [0, 0.05) is 11.8 Å². The maximum absolute atomic E-state index is 12.1. The molecule has 0 saturated heterocycles. The van der Waals surface area contributed by atoms with E-state index in [0.717, 1.165) is 22.4 Å². The number of methoxy groups -OCH3 is 1. The van der Waals surface area contributed by atoms with E-state index in [2.05, 4.69) is 28.2 Å². The number of benzene rings is 1. The number of carbonyl (C=O) groups is 1. The second kappa shape index (κ2) is 8.82. The van der Waals surface area contributed by atoms with E-state index in [1.54, 1.807) is 18.9 Å². The lowest BCUT2D eigenvalue weighted by atomic mass is 9.86. The van der Waals surface area contributed by atoms with Gasteiger partial charge >= 0.3 is 0 Å². The highest BCUT2D eigenvalue weighted by Gasteiger charge is 2.22. The highest BCUT2D eigenvalue weighted by Crippen LogP contribution is 2.27. The van der Waals surface area contributed by atoms with Gasteiger partial charge in [-0.1, -0.05) is 25.8 Å². The number of ether oxygens (including phenoxy) is 1. The van der Waals surface area contributed by atoms with Crippen molar-refractivity contribution in [1.82, 2.24) is 5.32 Å². The number of amides is 1. The normalized spacial score (nSPS) is 21.4. The molecule has 1 amide bonds. The van der Waals surface area contributed by atoms with Crippen LogP contribution in [0.4, 0.5) is 0 Å². The van der Waals surface area contributed by atoms with Gasteiger partial charge in [0.2, 0.25) is 5.91 Å². The van der Waals surface area contributed by atoms with Gasteiger partial charge in [0.05, 0.1) is 17.3 Å². The van der Waals surface area contributed by atoms with Crippen molar-refractivity contribution in [2.45, 2.75) is 44.4 Å². The topological polar surface area (TPSA) is 38.3 Å². The van der Waals surface area contributed by atoms with Crippen molar-refractivity contribution < 1.29 is 9.53 Å². The summed E-state index contributed by atoms with van der Waals surface area (Å²) in [5, 5.41) is 3.20. The summed E-state index contributed by atoms with van der Waals surface area (Å²) in [7, 11) is 1.66. The number of rotatable bonds is 6. The fourth-order valence-electron chi connectivity index (χ4n) is 2.84. The molecule has 1 fully saturated rings. The molecule has 3 nitrogen and oxygen atoms in total. The SMILES string of the molecule is COc1ccc(CSCC(=O)N[C@@H]2CCCC[C@H]2C)cc1Br. The molecule has 122 valence electrons. The predicted molar refractivity (Wildman–Crippen MR) is 96.4 cm³/mol. The zero-order chi connectivity index (χ0) is 15.9. The fraction of sp³-hybridized carbons (Fsp3) is 0.588. The average molecular weight is 386 g/mol. The Balaban J connectivity index is 1.73. The van der Waals surface area contributed by atoms with Gasteiger partial charge < -0.3 is 10.1 Å². The van der Waals surface area contributed by atoms with E-state index in [1.807, 2.05) is 18.2 Å². The van der Waals surface area contributed by atoms with Crippen LogP contribution in [0.15, 0.2) is 22.7 Å². The highest BCUT2D eigenvalue weighted by molar-refractivity contribution is 9.10. The second-order valence-corrected chi connectivity index (χ2v) is 7.74. The Bertz CT molecular complexity index is 509. The molecule has 2 rings (SSSR count). The van der Waals surface area contributed by atoms with Gasteiger partial charge in [-0.05, 0) is 52.4 Å². The Labute approximate surface area is 145 Å². The minimum atomic E-state index is 0.163. The molecular formula is C17H24BrNO2S. The van der Waals surface area contributed by atoms with Crippen LogP contribution >= 0.6 is 27.7 Å². The predicted octanol–water partition coefficient (Wildman–Crippen LogP) is 4.39. The van der Waals surface area contributed by atoms with Crippen LogP contribution in [-0.4, -0.2) is 24.8 Å². The molecule has 0 spiro atoms. The molecule has 0 bridgehead atoms. The van der Waals surface area contributed by atoms with Crippen LogP contribution in [-0.2, 0) is 10.5 Å². The number of hydrogen-bond donors (Lipinski definition) is 1. The summed E-state index contributed by atoms with van der Waals surface area (Å²) in [5.41, 5.74) is 1.19. The highest BCUT2D eigenvalue weighted by atomic mass is 79.9. The monoisotopic (exact) mass is 385 g/mol. The molecule has 0 aromatic heterocycles. The first-order chi connectivity index (χ1) is 10.6. The third-order valence-electron chi connectivity index (χ3n) is 4.18. The maximum Gasteiger partial charge on any atom is 0.230 e. The molecule has 1 saturated carbocycles. The lowest BCUT2D eigenvalue weighted by molar-refractivity contribution is -0.119. The van der Waals surface area contributed by atoms with Gasteiger partial charge in [-0.15, -0.1) is 11.8 Å². The Morgan fingerprint density at radius 1 is 1.41 bits per heavy atom. The molecule has 22 heavy (non-hydrogen) atoms. The van der Waals surface area contributed by atoms with Crippen LogP contribution in [0.3, 0.4) is 0 Å². The molecular weight excluding hydrogens is 362 g/mol. The maximum atomic E-state index is 12.1. The van der Waals surface area contributed by atoms with Gasteiger partial charge in [-0.25, -0.2) is 0 Å². The van der Waals surface area contributed by atoms with Crippen LogP contribution in [0.25, 0.3) is 0 Å². The van der Waals surface area contributed by atoms with Gasteiger partial charge in [0.25, 0.3) is 0 Å². The smallest absolute Gasteiger partial charge is 0.230 e. The second-order valence-electron chi connectivity index (χ2n) is 5.90. The first-order valence-electron chi connectivity index (χ1n) is 7.79. The molecule has 5 heteroatoms. The van der Waals surface area contributed by atoms with Gasteiger partial charge in [0.1, 0.15) is 5.75 Å². The first kappa shape index (κ1) is 17.7. The lowest BCUT2D eigenvalue weighted by Crippen LogP contribution is -2.41. The van der Waals surface area contributed by atoms with Crippen LogP contribution < -0.4 is 10.1 Å². The van der Waals surface area contributed by atoms with E-state index in [-0.39, 0.29) is 5.91 Å². The Kier molecular flexibility index (Phi) is 7.09. The average Bonchev–Trinajstić information content (AvgIpc) is 2.50. The Morgan fingerprint density at radius 3 is 2.86 bits per heavy atom. The molecule has 0 radical (unpaired) electrons. The summed E-state index contributed by atoms with van der Waals surface area (Å²) < 4.78 is 6.17. The van der Waals surface area contributed by atoms with E-state index < -0.39 is 0 Å². The zero-order valence-corrected chi connectivity index (χ0v) is 15.6. The minimum Gasteiger partial charge on any atom is -0.496 e. The van der Waals surface area contributed by atoms with Crippen molar-refractivity contribution in [2.75, 3.05) is 12.9 Å². The lowest BCUT2D eigenvalue weighted by Gasteiger charge is -2.29. The molecule has 0 aliphatic heterocycles. The van der Waals surface area contributed by atoms with Crippen molar-refractivity contribution in [3.8, 4) is 5.75 Å². The van der Waals surface area contributed by atoms with Crippen molar-refractivity contribution in [3.63, 3.8) is 0 Å². The van der Waals surface area contributed by atoms with Gasteiger partial charge in [0.15, 0.2) is 0 Å². The number of carbonyl (C=O) groups excluding carboxylic acids is 1. The summed E-state index contributed by atoms with van der Waals surface area (Å²) >= 11 is 5.14. The molecule has 1 aromatic rings. The van der Waals surface area contributed by atoms with Crippen LogP contribution in [0.5, 0.6) is 5.75 Å². The minimum absolute atomic E-state index is 0.163. The van der Waals surface area contributed by atoms with E-state index in [1.165, 1.54) is 24.8 Å². The number of nitrogens with one attached hydrogen (secondary N) is 1. The third kappa shape index (κ3) is 5.20. The summed E-state index contributed by atoms with van der Waals surface area (Å²) in [6, 6.07) is 6.41. The molecule has 1 N–H and O–H groups in total. The fourth-order valence-corrected chi connectivity index (χ4v) is 4.21. The van der Waals surface area contributed by atoms with Crippen molar-refractivity contribution in [2.24, 2.45) is 5.92 Å². The molecule has 0 heterocycles. The largest absolute Gasteiger partial charge is 0.496 e. The van der Waals surface area contributed by atoms with Crippen molar-refractivity contribution in [3.05, 3.63) is 28.2 Å². The first-order valence-corrected chi connectivity index (χ1v) is 9.74. The van der Waals surface area contributed by atoms with Crippen molar-refractivity contribution in [1.29, 1.82) is 0 Å². The number of hydrogen-bond acceptors (Lipinski definition) is 3. The Morgan fingerprint density at radius 2 is 2.18 bits per heavy atom. The van der Waals surface area contributed by atoms with Crippen LogP contribution in [0.2, 0.25) is 0 Å². The van der Waals surface area contributed by atoms with Crippen molar-refractivity contribution >= 4 is 33.6 Å². The quantitative estimate of drug-likeness (QED) is 0.788. The summed E-state index contributed by atoms with van der Waals surface area (Å²) in [6.07, 6.45) is 4.90. The summed E-state index contributed by atoms with van der Waals surface area (Å²) in [5.74, 6) is 2.96. The van der Waals surface area contributed by atoms with Gasteiger partial charge in [-0.2, -0.15) is 0 Å². The Hall–Kier alpha value is -0.680. The van der Waals surface area contributed by atoms with E-state index in [4.69, 9.17) is 4.74 Å².